The highest BCUT2D eigenvalue weighted by molar-refractivity contribution is 5.95. The molecule has 1 amide bonds. The summed E-state index contributed by atoms with van der Waals surface area (Å²) < 4.78 is 5.14. The smallest absolute Gasteiger partial charge is 0.253 e. The van der Waals surface area contributed by atoms with Crippen LogP contribution in [0.2, 0.25) is 0 Å². The first-order valence-electron chi connectivity index (χ1n) is 11.8. The molecule has 2 aromatic carbocycles. The summed E-state index contributed by atoms with van der Waals surface area (Å²) in [7, 11) is 1.66. The van der Waals surface area contributed by atoms with Gasteiger partial charge in [0, 0.05) is 37.7 Å². The number of H-pyrrole nitrogens is 1. The molecule has 1 aromatic heterocycles. The monoisotopic (exact) mass is 457 g/mol. The maximum Gasteiger partial charge on any atom is 0.253 e. The van der Waals surface area contributed by atoms with Crippen molar-refractivity contribution in [2.24, 2.45) is 0 Å². The number of carbonyl (C=O) groups is 1. The average molecular weight is 458 g/mol. The van der Waals surface area contributed by atoms with Gasteiger partial charge >= 0.3 is 0 Å². The lowest BCUT2D eigenvalue weighted by atomic mass is 9.86. The molecule has 1 fully saturated rings. The van der Waals surface area contributed by atoms with Crippen LogP contribution >= 0.6 is 0 Å². The molecule has 3 aromatic rings. The fourth-order valence-electron chi connectivity index (χ4n) is 4.64. The lowest BCUT2D eigenvalue weighted by molar-refractivity contribution is 0.0713. The number of piperidine rings is 1. The Morgan fingerprint density at radius 1 is 1.24 bits per heavy atom. The van der Waals surface area contributed by atoms with E-state index in [1.807, 2.05) is 47.4 Å². The molecule has 176 valence electrons. The van der Waals surface area contributed by atoms with Gasteiger partial charge in [0.2, 0.25) is 0 Å². The van der Waals surface area contributed by atoms with Gasteiger partial charge in [0.1, 0.15) is 5.82 Å². The molecule has 0 saturated carbocycles. The zero-order valence-corrected chi connectivity index (χ0v) is 20.0. The average Bonchev–Trinajstić information content (AvgIpc) is 3.35. The third-order valence-electron chi connectivity index (χ3n) is 6.54. The van der Waals surface area contributed by atoms with Gasteiger partial charge in [-0.25, -0.2) is 4.98 Å². The van der Waals surface area contributed by atoms with Gasteiger partial charge in [-0.05, 0) is 54.0 Å². The molecule has 34 heavy (non-hydrogen) atoms. The van der Waals surface area contributed by atoms with Crippen molar-refractivity contribution in [1.29, 1.82) is 5.26 Å². The first kappa shape index (κ1) is 23.7. The summed E-state index contributed by atoms with van der Waals surface area (Å²) in [6, 6.07) is 15.9. The van der Waals surface area contributed by atoms with Crippen molar-refractivity contribution in [2.45, 2.75) is 44.9 Å². The Labute approximate surface area is 200 Å². The van der Waals surface area contributed by atoms with E-state index < -0.39 is 0 Å². The van der Waals surface area contributed by atoms with Crippen LogP contribution in [-0.4, -0.2) is 52.8 Å². The van der Waals surface area contributed by atoms with Crippen molar-refractivity contribution in [3.63, 3.8) is 0 Å². The lowest BCUT2D eigenvalue weighted by Crippen LogP contribution is -2.38. The quantitative estimate of drug-likeness (QED) is 0.556. The highest BCUT2D eigenvalue weighted by Crippen LogP contribution is 2.32. The molecular formula is C27H31N5O2. The molecule has 0 atom stereocenters. The predicted molar refractivity (Wildman–Crippen MR) is 131 cm³/mol. The molecule has 1 N–H and O–H groups in total. The van der Waals surface area contributed by atoms with Crippen LogP contribution in [0.15, 0.2) is 42.5 Å². The van der Waals surface area contributed by atoms with Crippen molar-refractivity contribution in [3.05, 3.63) is 70.5 Å². The third kappa shape index (κ3) is 5.02. The number of amides is 1. The van der Waals surface area contributed by atoms with Gasteiger partial charge in [-0.1, -0.05) is 38.1 Å². The van der Waals surface area contributed by atoms with Crippen molar-refractivity contribution in [1.82, 2.24) is 20.1 Å². The van der Waals surface area contributed by atoms with Gasteiger partial charge in [0.25, 0.3) is 5.91 Å². The Kier molecular flexibility index (Phi) is 7.39. The maximum atomic E-state index is 13.4. The molecule has 1 saturated heterocycles. The zero-order chi connectivity index (χ0) is 24.1. The number of likely N-dealkylation sites (tertiary alicyclic amines) is 1. The second-order valence-electron chi connectivity index (χ2n) is 9.07. The fraction of sp³-hybridized carbons (Fsp3) is 0.407. The van der Waals surface area contributed by atoms with Crippen LogP contribution < -0.4 is 0 Å². The van der Waals surface area contributed by atoms with Crippen LogP contribution in [0.4, 0.5) is 0 Å². The van der Waals surface area contributed by atoms with E-state index in [4.69, 9.17) is 4.74 Å². The zero-order valence-electron chi connectivity index (χ0n) is 20.0. The first-order valence-corrected chi connectivity index (χ1v) is 11.8. The highest BCUT2D eigenvalue weighted by atomic mass is 16.5. The molecule has 0 spiro atoms. The van der Waals surface area contributed by atoms with Crippen molar-refractivity contribution in [2.75, 3.05) is 26.8 Å². The predicted octanol–water partition coefficient (Wildman–Crippen LogP) is 4.68. The Morgan fingerprint density at radius 3 is 2.71 bits per heavy atom. The van der Waals surface area contributed by atoms with Gasteiger partial charge in [0.05, 0.1) is 18.2 Å². The van der Waals surface area contributed by atoms with Crippen LogP contribution in [0.25, 0.3) is 11.4 Å². The van der Waals surface area contributed by atoms with E-state index in [0.29, 0.717) is 43.4 Å². The number of nitriles is 1. The Bertz CT molecular complexity index is 1190. The number of nitrogens with one attached hydrogen (secondary N) is 1. The highest BCUT2D eigenvalue weighted by Gasteiger charge is 2.26. The number of aromatic nitrogens is 3. The molecule has 0 unspecified atom stereocenters. The van der Waals surface area contributed by atoms with E-state index in [-0.39, 0.29) is 11.8 Å². The number of hydrogen-bond donors (Lipinski definition) is 1. The van der Waals surface area contributed by atoms with Crippen molar-refractivity contribution < 1.29 is 9.53 Å². The fourth-order valence-corrected chi connectivity index (χ4v) is 4.64. The van der Waals surface area contributed by atoms with E-state index in [9.17, 15) is 10.1 Å². The van der Waals surface area contributed by atoms with E-state index in [0.717, 1.165) is 40.9 Å². The number of carbonyl (C=O) groups excluding carboxylic acids is 1. The topological polar surface area (TPSA) is 94.9 Å². The molecule has 4 rings (SSSR count). The minimum Gasteiger partial charge on any atom is -0.384 e. The maximum absolute atomic E-state index is 13.4. The van der Waals surface area contributed by atoms with Crippen LogP contribution in [-0.2, 0) is 11.2 Å². The van der Waals surface area contributed by atoms with Gasteiger partial charge < -0.3 is 9.64 Å². The molecule has 0 radical (unpaired) electrons. The summed E-state index contributed by atoms with van der Waals surface area (Å²) in [5, 5.41) is 16.8. The van der Waals surface area contributed by atoms with Gasteiger partial charge in [-0.2, -0.15) is 10.4 Å². The second-order valence-corrected chi connectivity index (χ2v) is 9.07. The van der Waals surface area contributed by atoms with E-state index in [1.54, 1.807) is 7.11 Å². The third-order valence-corrected chi connectivity index (χ3v) is 6.54. The molecule has 7 heteroatoms. The number of benzene rings is 2. The van der Waals surface area contributed by atoms with Crippen LogP contribution in [0.1, 0.15) is 71.4 Å². The standard InChI is InChI=1S/C27H31N5O2/c1-18(2)22-9-8-20(16-24(22)26-29-25(30-31-26)12-15-34-3)27(33)32-13-10-19(11-14-32)23-7-5-4-6-21(23)17-28/h4-9,16,18-19H,10-15H2,1-3H3,(H,29,30,31). The molecule has 2 heterocycles. The number of hydrogen-bond acceptors (Lipinski definition) is 5. The number of ether oxygens (including phenoxy) is 1. The van der Waals surface area contributed by atoms with Crippen molar-refractivity contribution in [3.8, 4) is 17.5 Å². The summed E-state index contributed by atoms with van der Waals surface area (Å²) in [4.78, 5) is 19.9. The summed E-state index contributed by atoms with van der Waals surface area (Å²) in [5.41, 5.74) is 4.48. The van der Waals surface area contributed by atoms with Crippen LogP contribution in [0.3, 0.4) is 0 Å². The van der Waals surface area contributed by atoms with Crippen LogP contribution in [0, 0.1) is 11.3 Å². The minimum absolute atomic E-state index is 0.0266. The lowest BCUT2D eigenvalue weighted by Gasteiger charge is -2.32. The molecule has 0 aliphatic carbocycles. The Morgan fingerprint density at radius 2 is 2.00 bits per heavy atom. The van der Waals surface area contributed by atoms with Gasteiger partial charge in [-0.15, -0.1) is 0 Å². The largest absolute Gasteiger partial charge is 0.384 e. The van der Waals surface area contributed by atoms with Crippen molar-refractivity contribution >= 4 is 5.91 Å². The molecule has 7 nitrogen and oxygen atoms in total. The summed E-state index contributed by atoms with van der Waals surface area (Å²) in [6.07, 6.45) is 2.36. The SMILES string of the molecule is COCCc1nc(-c2cc(C(=O)N3CCC(c4ccccc4C#N)CC3)ccc2C(C)C)n[nH]1. The summed E-state index contributed by atoms with van der Waals surface area (Å²) >= 11 is 0. The second kappa shape index (κ2) is 10.6. The van der Waals surface area contributed by atoms with E-state index in [2.05, 4.69) is 35.1 Å². The first-order chi connectivity index (χ1) is 16.5. The summed E-state index contributed by atoms with van der Waals surface area (Å²) in [6.45, 7) is 6.17. The number of rotatable bonds is 7. The number of aromatic amines is 1. The number of methoxy groups -OCH3 is 1. The minimum atomic E-state index is 0.0266. The van der Waals surface area contributed by atoms with Gasteiger partial charge in [0.15, 0.2) is 5.82 Å². The van der Waals surface area contributed by atoms with Crippen LogP contribution in [0.5, 0.6) is 0 Å². The van der Waals surface area contributed by atoms with Gasteiger partial charge in [-0.3, -0.25) is 9.89 Å². The molecule has 0 bridgehead atoms. The Balaban J connectivity index is 1.52. The van der Waals surface area contributed by atoms with E-state index >= 15 is 0 Å². The molecule has 1 aliphatic rings. The summed E-state index contributed by atoms with van der Waals surface area (Å²) in [5.74, 6) is 1.98. The normalized spacial score (nSPS) is 14.4. The molecule has 1 aliphatic heterocycles. The Hall–Kier alpha value is -3.50. The van der Waals surface area contributed by atoms with E-state index in [1.165, 1.54) is 0 Å². The number of nitrogens with zero attached hydrogens (tertiary/aromatic N) is 4. The molecular weight excluding hydrogens is 426 g/mol.